The average Bonchev–Trinajstić information content (AvgIpc) is 3.12. The molecular weight excluding hydrogens is 376 g/mol. The summed E-state index contributed by atoms with van der Waals surface area (Å²) in [6, 6.07) is 0. The first-order valence-corrected chi connectivity index (χ1v) is 14.3. The van der Waals surface area contributed by atoms with Gasteiger partial charge in [0.15, 0.2) is 0 Å². The molecular formula is C29H57N2+. The Morgan fingerprint density at radius 3 is 1.39 bits per heavy atom. The molecule has 0 saturated carbocycles. The van der Waals surface area contributed by atoms with Crippen LogP contribution in [0.15, 0.2) is 12.4 Å². The van der Waals surface area contributed by atoms with E-state index in [1.54, 1.807) is 0 Å². The summed E-state index contributed by atoms with van der Waals surface area (Å²) >= 11 is 0. The fourth-order valence-corrected chi connectivity index (χ4v) is 4.80. The second-order valence-corrected chi connectivity index (χ2v) is 9.99. The molecule has 0 bridgehead atoms. The smallest absolute Gasteiger partial charge is 0.237 e. The summed E-state index contributed by atoms with van der Waals surface area (Å²) < 4.78 is 4.87. The van der Waals surface area contributed by atoms with Crippen LogP contribution >= 0.6 is 0 Å². The molecule has 0 N–H and O–H groups in total. The number of imidazole rings is 1. The number of hydrogen-bond acceptors (Lipinski definition) is 0. The maximum Gasteiger partial charge on any atom is 0.256 e. The summed E-state index contributed by atoms with van der Waals surface area (Å²) in [4.78, 5) is 0. The van der Waals surface area contributed by atoms with Crippen molar-refractivity contribution in [2.75, 3.05) is 0 Å². The minimum atomic E-state index is 1.21. The molecule has 0 amide bonds. The van der Waals surface area contributed by atoms with E-state index in [2.05, 4.69) is 42.4 Å². The molecule has 1 aromatic rings. The van der Waals surface area contributed by atoms with Gasteiger partial charge in [0.05, 0.1) is 13.6 Å². The number of unbranched alkanes of at least 4 members (excludes halogenated alkanes) is 19. The van der Waals surface area contributed by atoms with Gasteiger partial charge in [-0.15, -0.1) is 0 Å². The third-order valence-corrected chi connectivity index (χ3v) is 6.97. The van der Waals surface area contributed by atoms with Crippen LogP contribution in [-0.2, 0) is 20.0 Å². The predicted octanol–water partition coefficient (Wildman–Crippen LogP) is 9.09. The summed E-state index contributed by atoms with van der Waals surface area (Å²) in [6.07, 6.45) is 35.7. The first-order valence-electron chi connectivity index (χ1n) is 14.3. The molecule has 0 aliphatic rings. The molecule has 31 heavy (non-hydrogen) atoms. The number of nitrogens with zero attached hydrogens (tertiary/aromatic N) is 2. The van der Waals surface area contributed by atoms with E-state index < -0.39 is 0 Å². The second-order valence-electron chi connectivity index (χ2n) is 9.99. The number of aryl methyl sites for hydroxylation is 2. The second kappa shape index (κ2) is 21.1. The molecule has 0 unspecified atom stereocenters. The fourth-order valence-electron chi connectivity index (χ4n) is 4.80. The molecule has 0 aromatic carbocycles. The molecule has 2 nitrogen and oxygen atoms in total. The molecule has 2 heteroatoms. The van der Waals surface area contributed by atoms with Gasteiger partial charge in [0.1, 0.15) is 12.4 Å². The molecule has 0 atom stereocenters. The number of aromatic nitrogens is 2. The van der Waals surface area contributed by atoms with Crippen LogP contribution in [0.2, 0.25) is 0 Å². The minimum absolute atomic E-state index is 1.21. The van der Waals surface area contributed by atoms with Crippen molar-refractivity contribution in [1.29, 1.82) is 0 Å². The maximum absolute atomic E-state index is 2.53. The van der Waals surface area contributed by atoms with Crippen molar-refractivity contribution in [3.05, 3.63) is 18.2 Å². The summed E-state index contributed by atoms with van der Waals surface area (Å²) in [7, 11) is 2.22. The Labute approximate surface area is 196 Å². The lowest BCUT2D eigenvalue weighted by Crippen LogP contribution is -2.32. The fraction of sp³-hybridized carbons (Fsp3) is 0.897. The van der Waals surface area contributed by atoms with Gasteiger partial charge in [-0.2, -0.15) is 0 Å². The summed E-state index contributed by atoms with van der Waals surface area (Å²) in [6.45, 7) is 5.81. The highest BCUT2D eigenvalue weighted by Gasteiger charge is 2.13. The molecule has 0 aliphatic heterocycles. The Balaban J connectivity index is 1.97. The van der Waals surface area contributed by atoms with Crippen LogP contribution in [0.3, 0.4) is 0 Å². The van der Waals surface area contributed by atoms with E-state index in [0.29, 0.717) is 0 Å². The number of hydrogen-bond donors (Lipinski definition) is 0. The zero-order chi connectivity index (χ0) is 22.4. The Bertz CT molecular complexity index is 491. The standard InChI is InChI=1S/C29H57N2/c1-4-6-8-10-12-13-14-15-16-17-18-20-22-24-26-31-28-27-30(3)29(31)25-23-21-19-11-9-7-5-2/h27-28H,4-26H2,1-3H3/q+1. The van der Waals surface area contributed by atoms with Crippen LogP contribution in [0, 0.1) is 0 Å². The molecule has 0 aliphatic carbocycles. The quantitative estimate of drug-likeness (QED) is 0.120. The topological polar surface area (TPSA) is 8.81 Å². The highest BCUT2D eigenvalue weighted by molar-refractivity contribution is 4.84. The van der Waals surface area contributed by atoms with Gasteiger partial charge in [-0.05, 0) is 19.3 Å². The lowest BCUT2D eigenvalue weighted by atomic mass is 10.0. The lowest BCUT2D eigenvalue weighted by molar-refractivity contribution is -0.678. The normalized spacial score (nSPS) is 11.5. The first-order chi connectivity index (χ1) is 15.3. The van der Waals surface area contributed by atoms with E-state index in [1.165, 1.54) is 154 Å². The first kappa shape index (κ1) is 28.2. The molecule has 0 fully saturated rings. The van der Waals surface area contributed by atoms with E-state index in [1.807, 2.05) is 0 Å². The minimum Gasteiger partial charge on any atom is -0.237 e. The van der Waals surface area contributed by atoms with Crippen molar-refractivity contribution in [3.8, 4) is 0 Å². The van der Waals surface area contributed by atoms with E-state index in [4.69, 9.17) is 0 Å². The zero-order valence-corrected chi connectivity index (χ0v) is 21.8. The summed E-state index contributed by atoms with van der Waals surface area (Å²) in [5, 5.41) is 0. The van der Waals surface area contributed by atoms with Crippen molar-refractivity contribution in [2.24, 2.45) is 7.05 Å². The Morgan fingerprint density at radius 1 is 0.548 bits per heavy atom. The van der Waals surface area contributed by atoms with E-state index >= 15 is 0 Å². The van der Waals surface area contributed by atoms with Crippen molar-refractivity contribution >= 4 is 0 Å². The lowest BCUT2D eigenvalue weighted by Gasteiger charge is -2.05. The van der Waals surface area contributed by atoms with E-state index in [0.717, 1.165) is 0 Å². The van der Waals surface area contributed by atoms with E-state index in [-0.39, 0.29) is 0 Å². The highest BCUT2D eigenvalue weighted by Crippen LogP contribution is 2.14. The zero-order valence-electron chi connectivity index (χ0n) is 21.8. The van der Waals surface area contributed by atoms with Gasteiger partial charge in [0.2, 0.25) is 0 Å². The molecule has 0 spiro atoms. The van der Waals surface area contributed by atoms with E-state index in [9.17, 15) is 0 Å². The van der Waals surface area contributed by atoms with Crippen molar-refractivity contribution in [2.45, 2.75) is 162 Å². The SMILES string of the molecule is CCCCCCCCCCCCCCCCn1cc[n+](C)c1CCCCCCCCC. The third-order valence-electron chi connectivity index (χ3n) is 6.97. The van der Waals surface area contributed by atoms with Gasteiger partial charge < -0.3 is 0 Å². The third kappa shape index (κ3) is 15.6. The van der Waals surface area contributed by atoms with Crippen LogP contribution in [0.5, 0.6) is 0 Å². The average molecular weight is 434 g/mol. The van der Waals surface area contributed by atoms with Crippen LogP contribution in [0.4, 0.5) is 0 Å². The van der Waals surface area contributed by atoms with Gasteiger partial charge in [-0.25, -0.2) is 9.13 Å². The van der Waals surface area contributed by atoms with Gasteiger partial charge in [0.25, 0.3) is 5.82 Å². The largest absolute Gasteiger partial charge is 0.256 e. The Kier molecular flexibility index (Phi) is 19.2. The summed E-state index contributed by atoms with van der Waals surface area (Å²) in [5.41, 5.74) is 0. The van der Waals surface area contributed by atoms with Crippen molar-refractivity contribution in [1.82, 2.24) is 4.57 Å². The van der Waals surface area contributed by atoms with Gasteiger partial charge in [-0.3, -0.25) is 0 Å². The Hall–Kier alpha value is -0.790. The monoisotopic (exact) mass is 433 g/mol. The van der Waals surface area contributed by atoms with Crippen LogP contribution in [-0.4, -0.2) is 4.57 Å². The maximum atomic E-state index is 2.53. The van der Waals surface area contributed by atoms with Gasteiger partial charge in [-0.1, -0.05) is 129 Å². The van der Waals surface area contributed by atoms with Crippen molar-refractivity contribution < 1.29 is 4.57 Å². The Morgan fingerprint density at radius 2 is 0.935 bits per heavy atom. The number of rotatable bonds is 23. The van der Waals surface area contributed by atoms with Crippen molar-refractivity contribution in [3.63, 3.8) is 0 Å². The molecule has 0 radical (unpaired) electrons. The molecule has 182 valence electrons. The molecule has 1 rings (SSSR count). The molecule has 0 saturated heterocycles. The molecule has 1 aromatic heterocycles. The van der Waals surface area contributed by atoms with Gasteiger partial charge in [0, 0.05) is 6.42 Å². The molecule has 1 heterocycles. The van der Waals surface area contributed by atoms with Gasteiger partial charge >= 0.3 is 0 Å². The predicted molar refractivity (Wildman–Crippen MR) is 138 cm³/mol. The van der Waals surface area contributed by atoms with Crippen LogP contribution in [0.1, 0.15) is 155 Å². The van der Waals surface area contributed by atoms with Crippen LogP contribution < -0.4 is 4.57 Å². The highest BCUT2D eigenvalue weighted by atomic mass is 15.1. The summed E-state index contributed by atoms with van der Waals surface area (Å²) in [5.74, 6) is 1.53. The van der Waals surface area contributed by atoms with Crippen LogP contribution in [0.25, 0.3) is 0 Å².